The third-order valence-electron chi connectivity index (χ3n) is 5.04. The molecule has 1 aliphatic heterocycles. The van der Waals surface area contributed by atoms with Crippen LogP contribution in [0, 0.1) is 12.8 Å². The van der Waals surface area contributed by atoms with Gasteiger partial charge < -0.3 is 9.84 Å². The molecule has 138 valence electrons. The fourth-order valence-corrected chi connectivity index (χ4v) is 3.89. The van der Waals surface area contributed by atoms with Gasteiger partial charge in [0.15, 0.2) is 5.78 Å². The van der Waals surface area contributed by atoms with Gasteiger partial charge in [-0.3, -0.25) is 9.69 Å². The van der Waals surface area contributed by atoms with Crippen molar-refractivity contribution >= 4 is 17.4 Å². The van der Waals surface area contributed by atoms with Crippen LogP contribution in [-0.2, 0) is 6.54 Å². The largest absolute Gasteiger partial charge is 0.507 e. The summed E-state index contributed by atoms with van der Waals surface area (Å²) in [6, 6.07) is 10.7. The SMILES string of the molecule is COc1cccc(O)c1CN1CCCC(C(=O)c2ccc(Cl)cc2C)C1. The summed E-state index contributed by atoms with van der Waals surface area (Å²) >= 11 is 6.01. The molecule has 4 nitrogen and oxygen atoms in total. The van der Waals surface area contributed by atoms with Crippen molar-refractivity contribution < 1.29 is 14.6 Å². The Bertz CT molecular complexity index is 806. The zero-order valence-electron chi connectivity index (χ0n) is 15.2. The highest BCUT2D eigenvalue weighted by Gasteiger charge is 2.28. The number of piperidine rings is 1. The maximum atomic E-state index is 13.0. The van der Waals surface area contributed by atoms with Crippen LogP contribution in [-0.4, -0.2) is 36.0 Å². The lowest BCUT2D eigenvalue weighted by Gasteiger charge is -2.32. The second kappa shape index (κ2) is 8.11. The third kappa shape index (κ3) is 4.02. The molecule has 0 saturated carbocycles. The summed E-state index contributed by atoms with van der Waals surface area (Å²) in [5, 5.41) is 10.8. The second-order valence-corrected chi connectivity index (χ2v) is 7.29. The molecule has 2 aromatic carbocycles. The number of rotatable bonds is 5. The van der Waals surface area contributed by atoms with Crippen LogP contribution in [0.1, 0.15) is 34.3 Å². The van der Waals surface area contributed by atoms with E-state index >= 15 is 0 Å². The van der Waals surface area contributed by atoms with E-state index < -0.39 is 0 Å². The fourth-order valence-electron chi connectivity index (χ4n) is 3.66. The van der Waals surface area contributed by atoms with Gasteiger partial charge in [-0.15, -0.1) is 0 Å². The zero-order valence-corrected chi connectivity index (χ0v) is 15.9. The molecule has 1 unspecified atom stereocenters. The van der Waals surface area contributed by atoms with Crippen LogP contribution in [0.5, 0.6) is 11.5 Å². The standard InChI is InChI=1S/C21H24ClNO3/c1-14-11-16(22)8-9-17(14)21(25)15-5-4-10-23(12-15)13-18-19(24)6-3-7-20(18)26-2/h3,6-9,11,15,24H,4-5,10,12-13H2,1-2H3. The maximum Gasteiger partial charge on any atom is 0.167 e. The van der Waals surface area contributed by atoms with Crippen molar-refractivity contribution in [3.63, 3.8) is 0 Å². The maximum absolute atomic E-state index is 13.0. The van der Waals surface area contributed by atoms with Gasteiger partial charge in [0.05, 0.1) is 7.11 Å². The average Bonchev–Trinajstić information content (AvgIpc) is 2.63. The van der Waals surface area contributed by atoms with Gasteiger partial charge in [-0.2, -0.15) is 0 Å². The molecule has 26 heavy (non-hydrogen) atoms. The van der Waals surface area contributed by atoms with Gasteiger partial charge in [0, 0.05) is 35.2 Å². The highest BCUT2D eigenvalue weighted by Crippen LogP contribution is 2.31. The summed E-state index contributed by atoms with van der Waals surface area (Å²) in [5.41, 5.74) is 2.44. The molecule has 0 spiro atoms. The smallest absolute Gasteiger partial charge is 0.167 e. The fraction of sp³-hybridized carbons (Fsp3) is 0.381. The Hall–Kier alpha value is -2.04. The Morgan fingerprint density at radius 2 is 2.15 bits per heavy atom. The molecule has 0 radical (unpaired) electrons. The number of hydrogen-bond acceptors (Lipinski definition) is 4. The van der Waals surface area contributed by atoms with Crippen molar-refractivity contribution in [2.45, 2.75) is 26.3 Å². The van der Waals surface area contributed by atoms with Crippen molar-refractivity contribution in [1.82, 2.24) is 4.90 Å². The normalized spacial score (nSPS) is 17.9. The monoisotopic (exact) mass is 373 g/mol. The van der Waals surface area contributed by atoms with Crippen LogP contribution in [0.2, 0.25) is 5.02 Å². The number of carbonyl (C=O) groups excluding carboxylic acids is 1. The highest BCUT2D eigenvalue weighted by molar-refractivity contribution is 6.30. The van der Waals surface area contributed by atoms with Crippen molar-refractivity contribution in [2.75, 3.05) is 20.2 Å². The molecule has 1 saturated heterocycles. The Labute approximate surface area is 159 Å². The first-order chi connectivity index (χ1) is 12.5. The Balaban J connectivity index is 1.74. The van der Waals surface area contributed by atoms with E-state index in [1.807, 2.05) is 25.1 Å². The van der Waals surface area contributed by atoms with Gasteiger partial charge in [0.25, 0.3) is 0 Å². The molecule has 3 rings (SSSR count). The number of carbonyl (C=O) groups is 1. The average molecular weight is 374 g/mol. The molecule has 0 bridgehead atoms. The first kappa shape index (κ1) is 18.7. The van der Waals surface area contributed by atoms with Crippen LogP contribution in [0.15, 0.2) is 36.4 Å². The number of halogens is 1. The molecule has 1 heterocycles. The summed E-state index contributed by atoms with van der Waals surface area (Å²) in [4.78, 5) is 15.2. The number of phenolic OH excluding ortho intramolecular Hbond substituents is 1. The van der Waals surface area contributed by atoms with Crippen molar-refractivity contribution in [1.29, 1.82) is 0 Å². The number of methoxy groups -OCH3 is 1. The molecule has 1 fully saturated rings. The number of ketones is 1. The molecular formula is C21H24ClNO3. The predicted molar refractivity (Wildman–Crippen MR) is 103 cm³/mol. The van der Waals surface area contributed by atoms with Crippen molar-refractivity contribution in [3.8, 4) is 11.5 Å². The number of benzene rings is 2. The Kier molecular flexibility index (Phi) is 5.84. The van der Waals surface area contributed by atoms with E-state index in [4.69, 9.17) is 16.3 Å². The Morgan fingerprint density at radius 3 is 2.88 bits per heavy atom. The second-order valence-electron chi connectivity index (χ2n) is 6.86. The lowest BCUT2D eigenvalue weighted by atomic mass is 9.88. The summed E-state index contributed by atoms with van der Waals surface area (Å²) in [6.45, 7) is 4.07. The quantitative estimate of drug-likeness (QED) is 0.786. The first-order valence-corrected chi connectivity index (χ1v) is 9.25. The summed E-state index contributed by atoms with van der Waals surface area (Å²) in [7, 11) is 1.60. The summed E-state index contributed by atoms with van der Waals surface area (Å²) in [5.74, 6) is 1.03. The van der Waals surface area contributed by atoms with E-state index in [-0.39, 0.29) is 17.5 Å². The summed E-state index contributed by atoms with van der Waals surface area (Å²) < 4.78 is 5.37. The first-order valence-electron chi connectivity index (χ1n) is 8.87. The van der Waals surface area contributed by atoms with Crippen LogP contribution < -0.4 is 4.74 Å². The van der Waals surface area contributed by atoms with Crippen LogP contribution in [0.4, 0.5) is 0 Å². The zero-order chi connectivity index (χ0) is 18.7. The molecule has 0 aliphatic carbocycles. The van der Waals surface area contributed by atoms with E-state index in [1.165, 1.54) is 0 Å². The molecule has 1 aliphatic rings. The number of nitrogens with zero attached hydrogens (tertiary/aromatic N) is 1. The Morgan fingerprint density at radius 1 is 1.35 bits per heavy atom. The molecule has 5 heteroatoms. The number of likely N-dealkylation sites (tertiary alicyclic amines) is 1. The van der Waals surface area contributed by atoms with E-state index in [0.29, 0.717) is 23.9 Å². The van der Waals surface area contributed by atoms with E-state index in [1.54, 1.807) is 25.3 Å². The van der Waals surface area contributed by atoms with E-state index in [2.05, 4.69) is 4.90 Å². The minimum atomic E-state index is -0.0412. The lowest BCUT2D eigenvalue weighted by Crippen LogP contribution is -2.38. The van der Waals surface area contributed by atoms with Gasteiger partial charge in [0.2, 0.25) is 0 Å². The molecule has 0 amide bonds. The summed E-state index contributed by atoms with van der Waals surface area (Å²) in [6.07, 6.45) is 1.84. The number of hydrogen-bond donors (Lipinski definition) is 1. The lowest BCUT2D eigenvalue weighted by molar-refractivity contribution is 0.0809. The molecule has 1 N–H and O–H groups in total. The minimum Gasteiger partial charge on any atom is -0.507 e. The number of aryl methyl sites for hydroxylation is 1. The number of aromatic hydroxyl groups is 1. The van der Waals surface area contributed by atoms with Crippen LogP contribution in [0.3, 0.4) is 0 Å². The molecule has 1 atom stereocenters. The highest BCUT2D eigenvalue weighted by atomic mass is 35.5. The number of phenols is 1. The van der Waals surface area contributed by atoms with Gasteiger partial charge in [-0.05, 0) is 62.2 Å². The number of ether oxygens (including phenoxy) is 1. The van der Waals surface area contributed by atoms with Gasteiger partial charge >= 0.3 is 0 Å². The molecular weight excluding hydrogens is 350 g/mol. The van der Waals surface area contributed by atoms with Gasteiger partial charge in [-0.25, -0.2) is 0 Å². The van der Waals surface area contributed by atoms with Gasteiger partial charge in [0.1, 0.15) is 11.5 Å². The molecule has 2 aromatic rings. The third-order valence-corrected chi connectivity index (χ3v) is 5.28. The van der Waals surface area contributed by atoms with E-state index in [0.717, 1.165) is 36.1 Å². The number of Topliss-reactive ketones (excluding diaryl/α,β-unsaturated/α-hetero) is 1. The van der Waals surface area contributed by atoms with Crippen molar-refractivity contribution in [2.24, 2.45) is 5.92 Å². The predicted octanol–water partition coefficient (Wildman–Crippen LogP) is 4.46. The minimum absolute atomic E-state index is 0.0412. The van der Waals surface area contributed by atoms with Gasteiger partial charge in [-0.1, -0.05) is 17.7 Å². The topological polar surface area (TPSA) is 49.8 Å². The van der Waals surface area contributed by atoms with Crippen LogP contribution >= 0.6 is 11.6 Å². The van der Waals surface area contributed by atoms with Crippen molar-refractivity contribution in [3.05, 3.63) is 58.1 Å². The van der Waals surface area contributed by atoms with E-state index in [9.17, 15) is 9.90 Å². The molecule has 0 aromatic heterocycles. The van der Waals surface area contributed by atoms with Crippen LogP contribution in [0.25, 0.3) is 0 Å².